The summed E-state index contributed by atoms with van der Waals surface area (Å²) >= 11 is 0. The van der Waals surface area contributed by atoms with Gasteiger partial charge in [0.1, 0.15) is 5.75 Å². The fourth-order valence-corrected chi connectivity index (χ4v) is 3.43. The summed E-state index contributed by atoms with van der Waals surface area (Å²) in [5.41, 5.74) is 1.23. The van der Waals surface area contributed by atoms with E-state index in [1.807, 2.05) is 18.2 Å². The maximum Gasteiger partial charge on any atom is 0.255 e. The van der Waals surface area contributed by atoms with Gasteiger partial charge in [0.25, 0.3) is 11.7 Å². The highest BCUT2D eigenvalue weighted by molar-refractivity contribution is 6.04. The molecule has 130 valence electrons. The summed E-state index contributed by atoms with van der Waals surface area (Å²) in [6.07, 6.45) is 5.29. The number of fused-ring (bicyclic) bond motifs is 1. The molecule has 1 fully saturated rings. The van der Waals surface area contributed by atoms with Gasteiger partial charge in [-0.3, -0.25) is 4.79 Å². The van der Waals surface area contributed by atoms with Gasteiger partial charge in [-0.2, -0.15) is 0 Å². The van der Waals surface area contributed by atoms with Gasteiger partial charge >= 0.3 is 0 Å². The molecule has 1 amide bonds. The minimum absolute atomic E-state index is 0.190. The van der Waals surface area contributed by atoms with E-state index in [0.717, 1.165) is 31.4 Å². The van der Waals surface area contributed by atoms with E-state index in [1.165, 1.54) is 6.42 Å². The van der Waals surface area contributed by atoms with Gasteiger partial charge in [-0.05, 0) is 43.2 Å². The zero-order valence-electron chi connectivity index (χ0n) is 14.2. The SMILES string of the molecule is COc1cccc(C(=O)Nc2ccc3c(c2)OC2(CCCCC2)O3)c1. The van der Waals surface area contributed by atoms with E-state index in [2.05, 4.69) is 5.32 Å². The van der Waals surface area contributed by atoms with E-state index in [0.29, 0.717) is 22.7 Å². The molecule has 2 aromatic rings. The van der Waals surface area contributed by atoms with Gasteiger partial charge in [-0.1, -0.05) is 12.5 Å². The summed E-state index contributed by atoms with van der Waals surface area (Å²) in [5, 5.41) is 2.90. The summed E-state index contributed by atoms with van der Waals surface area (Å²) in [6, 6.07) is 12.6. The molecule has 25 heavy (non-hydrogen) atoms. The third kappa shape index (κ3) is 3.14. The summed E-state index contributed by atoms with van der Waals surface area (Å²) in [7, 11) is 1.58. The maximum absolute atomic E-state index is 12.4. The molecular formula is C20H21NO4. The van der Waals surface area contributed by atoms with Crippen molar-refractivity contribution in [1.82, 2.24) is 0 Å². The Morgan fingerprint density at radius 1 is 1.04 bits per heavy atom. The average molecular weight is 339 g/mol. The molecule has 0 unspecified atom stereocenters. The van der Waals surface area contributed by atoms with Gasteiger partial charge in [0.15, 0.2) is 11.5 Å². The molecule has 0 radical (unpaired) electrons. The third-order valence-corrected chi connectivity index (χ3v) is 4.74. The lowest BCUT2D eigenvalue weighted by Gasteiger charge is -2.31. The van der Waals surface area contributed by atoms with Crippen LogP contribution in [0, 0.1) is 0 Å². The summed E-state index contributed by atoms with van der Waals surface area (Å²) < 4.78 is 17.3. The van der Waals surface area contributed by atoms with E-state index in [9.17, 15) is 4.79 Å². The maximum atomic E-state index is 12.4. The van der Waals surface area contributed by atoms with Crippen molar-refractivity contribution in [3.63, 3.8) is 0 Å². The first kappa shape index (κ1) is 15.8. The van der Waals surface area contributed by atoms with Crippen LogP contribution in [0.25, 0.3) is 0 Å². The highest BCUT2D eigenvalue weighted by Crippen LogP contribution is 2.46. The van der Waals surface area contributed by atoms with Crippen molar-refractivity contribution in [3.05, 3.63) is 48.0 Å². The second kappa shape index (κ2) is 6.31. The molecular weight excluding hydrogens is 318 g/mol. The number of methoxy groups -OCH3 is 1. The molecule has 2 aromatic carbocycles. The number of rotatable bonds is 3. The monoisotopic (exact) mass is 339 g/mol. The van der Waals surface area contributed by atoms with Crippen LogP contribution in [0.5, 0.6) is 17.2 Å². The first-order chi connectivity index (χ1) is 12.2. The number of nitrogens with one attached hydrogen (secondary N) is 1. The minimum Gasteiger partial charge on any atom is -0.497 e. The van der Waals surface area contributed by atoms with Gasteiger partial charge in [0.05, 0.1) is 7.11 Å². The molecule has 0 atom stereocenters. The van der Waals surface area contributed by atoms with E-state index in [-0.39, 0.29) is 5.91 Å². The molecule has 1 saturated carbocycles. The van der Waals surface area contributed by atoms with E-state index < -0.39 is 5.79 Å². The Labute approximate surface area is 146 Å². The number of benzene rings is 2. The molecule has 4 rings (SSSR count). The predicted octanol–water partition coefficient (Wildman–Crippen LogP) is 4.38. The molecule has 0 saturated heterocycles. The average Bonchev–Trinajstić information content (AvgIpc) is 2.98. The number of anilines is 1. The quantitative estimate of drug-likeness (QED) is 0.901. The molecule has 0 aromatic heterocycles. The Balaban J connectivity index is 1.50. The zero-order valence-corrected chi connectivity index (χ0v) is 14.2. The zero-order chi connectivity index (χ0) is 17.3. The lowest BCUT2D eigenvalue weighted by atomic mass is 9.94. The Bertz CT molecular complexity index is 796. The third-order valence-electron chi connectivity index (χ3n) is 4.74. The van der Waals surface area contributed by atoms with Gasteiger partial charge in [0, 0.05) is 30.2 Å². The second-order valence-electron chi connectivity index (χ2n) is 6.52. The molecule has 1 N–H and O–H groups in total. The minimum atomic E-state index is -0.504. The van der Waals surface area contributed by atoms with Crippen molar-refractivity contribution in [1.29, 1.82) is 0 Å². The predicted molar refractivity (Wildman–Crippen MR) is 94.5 cm³/mol. The van der Waals surface area contributed by atoms with Crippen LogP contribution < -0.4 is 19.5 Å². The standard InChI is InChI=1S/C20H21NO4/c1-23-16-7-5-6-14(12-16)19(22)21-15-8-9-17-18(13-15)25-20(24-17)10-3-2-4-11-20/h5-9,12-13H,2-4,10-11H2,1H3,(H,21,22). The van der Waals surface area contributed by atoms with E-state index in [1.54, 1.807) is 31.4 Å². The van der Waals surface area contributed by atoms with Gasteiger partial charge in [0.2, 0.25) is 0 Å². The largest absolute Gasteiger partial charge is 0.497 e. The molecule has 1 heterocycles. The highest BCUT2D eigenvalue weighted by atomic mass is 16.7. The van der Waals surface area contributed by atoms with Gasteiger partial charge < -0.3 is 19.5 Å². The normalized spacial score (nSPS) is 17.3. The van der Waals surface area contributed by atoms with E-state index in [4.69, 9.17) is 14.2 Å². The van der Waals surface area contributed by atoms with Crippen LogP contribution in [0.3, 0.4) is 0 Å². The lowest BCUT2D eigenvalue weighted by molar-refractivity contribution is -0.105. The number of hydrogen-bond donors (Lipinski definition) is 1. The number of hydrogen-bond acceptors (Lipinski definition) is 4. The molecule has 1 spiro atoms. The van der Waals surface area contributed by atoms with Gasteiger partial charge in [-0.25, -0.2) is 0 Å². The lowest BCUT2D eigenvalue weighted by Crippen LogP contribution is -2.40. The van der Waals surface area contributed by atoms with Crippen LogP contribution in [0.1, 0.15) is 42.5 Å². The topological polar surface area (TPSA) is 56.8 Å². The molecule has 5 heteroatoms. The van der Waals surface area contributed by atoms with Crippen molar-refractivity contribution >= 4 is 11.6 Å². The van der Waals surface area contributed by atoms with Crippen LogP contribution >= 0.6 is 0 Å². The van der Waals surface area contributed by atoms with Crippen molar-refractivity contribution in [2.24, 2.45) is 0 Å². The summed E-state index contributed by atoms with van der Waals surface area (Å²) in [6.45, 7) is 0. The van der Waals surface area contributed by atoms with Crippen LogP contribution in [0.2, 0.25) is 0 Å². The van der Waals surface area contributed by atoms with Crippen molar-refractivity contribution in [2.75, 3.05) is 12.4 Å². The van der Waals surface area contributed by atoms with Crippen LogP contribution in [0.4, 0.5) is 5.69 Å². The van der Waals surface area contributed by atoms with Crippen molar-refractivity contribution < 1.29 is 19.0 Å². The molecule has 0 bridgehead atoms. The number of amides is 1. The molecule has 1 aliphatic carbocycles. The number of carbonyl (C=O) groups excluding carboxylic acids is 1. The Kier molecular flexibility index (Phi) is 3.99. The van der Waals surface area contributed by atoms with Crippen LogP contribution in [0.15, 0.2) is 42.5 Å². The van der Waals surface area contributed by atoms with Gasteiger partial charge in [-0.15, -0.1) is 0 Å². The first-order valence-corrected chi connectivity index (χ1v) is 8.65. The smallest absolute Gasteiger partial charge is 0.255 e. The Morgan fingerprint density at radius 3 is 2.64 bits per heavy atom. The molecule has 5 nitrogen and oxygen atoms in total. The summed E-state index contributed by atoms with van der Waals surface area (Å²) in [5.74, 6) is 1.41. The Morgan fingerprint density at radius 2 is 1.84 bits per heavy atom. The Hall–Kier alpha value is -2.69. The fraction of sp³-hybridized carbons (Fsp3) is 0.350. The highest BCUT2D eigenvalue weighted by Gasteiger charge is 2.42. The number of ether oxygens (including phenoxy) is 3. The van der Waals surface area contributed by atoms with Crippen molar-refractivity contribution in [2.45, 2.75) is 37.9 Å². The van der Waals surface area contributed by atoms with E-state index >= 15 is 0 Å². The second-order valence-corrected chi connectivity index (χ2v) is 6.52. The number of carbonyl (C=O) groups is 1. The molecule has 1 aliphatic heterocycles. The van der Waals surface area contributed by atoms with Crippen molar-refractivity contribution in [3.8, 4) is 17.2 Å². The molecule has 2 aliphatic rings. The van der Waals surface area contributed by atoms with Crippen LogP contribution in [-0.2, 0) is 0 Å². The van der Waals surface area contributed by atoms with Crippen LogP contribution in [-0.4, -0.2) is 18.8 Å². The fourth-order valence-electron chi connectivity index (χ4n) is 3.43. The first-order valence-electron chi connectivity index (χ1n) is 8.65. The summed E-state index contributed by atoms with van der Waals surface area (Å²) in [4.78, 5) is 12.4.